The number of aromatic nitrogens is 1. The summed E-state index contributed by atoms with van der Waals surface area (Å²) in [6.45, 7) is 0.622. The number of carbonyl (C=O) groups is 2. The first-order chi connectivity index (χ1) is 13.3. The maximum atomic E-state index is 13.2. The van der Waals surface area contributed by atoms with Crippen LogP contribution in [0.3, 0.4) is 0 Å². The van der Waals surface area contributed by atoms with Gasteiger partial charge in [-0.15, -0.1) is 0 Å². The van der Waals surface area contributed by atoms with Crippen LogP contribution in [0, 0.1) is 0 Å². The average Bonchev–Trinajstić information content (AvgIpc) is 3.39. The molecule has 1 aliphatic carbocycles. The number of hydrogen-bond acceptors (Lipinski definition) is 4. The van der Waals surface area contributed by atoms with Crippen LogP contribution >= 0.6 is 11.6 Å². The molecule has 2 heterocycles. The Kier molecular flexibility index (Phi) is 4.63. The number of amides is 1. The SMILES string of the molecule is O=C(O)c1cccnc1CC1(O)CCN(C(=O)C2(c3ccc(Cl)cc3)CC2)C1. The number of carboxylic acid groups (broad SMARTS) is 1. The van der Waals surface area contributed by atoms with E-state index in [0.717, 1.165) is 18.4 Å². The van der Waals surface area contributed by atoms with Crippen molar-refractivity contribution in [3.8, 4) is 0 Å². The average molecular weight is 401 g/mol. The van der Waals surface area contributed by atoms with Crippen LogP contribution in [0.1, 0.15) is 40.9 Å². The molecule has 1 atom stereocenters. The highest BCUT2D eigenvalue weighted by atomic mass is 35.5. The third-order valence-corrected chi connectivity index (χ3v) is 6.04. The van der Waals surface area contributed by atoms with Crippen molar-refractivity contribution in [2.45, 2.75) is 36.7 Å². The van der Waals surface area contributed by atoms with Crippen LogP contribution in [-0.2, 0) is 16.6 Å². The minimum atomic E-state index is -1.18. The summed E-state index contributed by atoms with van der Waals surface area (Å²) in [6.07, 6.45) is 3.58. The van der Waals surface area contributed by atoms with Crippen molar-refractivity contribution in [2.24, 2.45) is 0 Å². The lowest BCUT2D eigenvalue weighted by molar-refractivity contribution is -0.133. The molecule has 1 aromatic heterocycles. The molecule has 1 aromatic carbocycles. The van der Waals surface area contributed by atoms with Crippen LogP contribution in [0.15, 0.2) is 42.6 Å². The predicted octanol–water partition coefficient (Wildman–Crippen LogP) is 2.67. The van der Waals surface area contributed by atoms with Gasteiger partial charge >= 0.3 is 5.97 Å². The molecule has 1 saturated carbocycles. The topological polar surface area (TPSA) is 90.7 Å². The van der Waals surface area contributed by atoms with Crippen molar-refractivity contribution in [3.05, 3.63) is 64.4 Å². The van der Waals surface area contributed by atoms with Crippen molar-refractivity contribution >= 4 is 23.5 Å². The number of likely N-dealkylation sites (tertiary alicyclic amines) is 1. The highest BCUT2D eigenvalue weighted by Gasteiger charge is 2.55. The molecule has 4 rings (SSSR count). The highest BCUT2D eigenvalue weighted by molar-refractivity contribution is 6.30. The number of hydrogen-bond donors (Lipinski definition) is 2. The molecule has 0 radical (unpaired) electrons. The Labute approximate surface area is 167 Å². The summed E-state index contributed by atoms with van der Waals surface area (Å²) in [5, 5.41) is 21.0. The molecule has 2 aliphatic rings. The lowest BCUT2D eigenvalue weighted by atomic mass is 9.93. The molecule has 0 bridgehead atoms. The van der Waals surface area contributed by atoms with Crippen molar-refractivity contribution in [1.82, 2.24) is 9.88 Å². The van der Waals surface area contributed by atoms with Gasteiger partial charge in [-0.2, -0.15) is 0 Å². The Morgan fingerprint density at radius 2 is 1.86 bits per heavy atom. The summed E-state index contributed by atoms with van der Waals surface area (Å²) < 4.78 is 0. The molecule has 1 unspecified atom stereocenters. The van der Waals surface area contributed by atoms with E-state index < -0.39 is 17.0 Å². The first kappa shape index (κ1) is 18.9. The summed E-state index contributed by atoms with van der Waals surface area (Å²) in [5.41, 5.74) is -0.321. The number of aromatic carboxylic acids is 1. The highest BCUT2D eigenvalue weighted by Crippen LogP contribution is 2.50. The largest absolute Gasteiger partial charge is 0.478 e. The monoisotopic (exact) mass is 400 g/mol. The van der Waals surface area contributed by atoms with Gasteiger partial charge in [-0.25, -0.2) is 4.79 Å². The summed E-state index contributed by atoms with van der Waals surface area (Å²) >= 11 is 5.96. The molecule has 1 aliphatic heterocycles. The Morgan fingerprint density at radius 3 is 2.50 bits per heavy atom. The van der Waals surface area contributed by atoms with Crippen LogP contribution in [0.2, 0.25) is 5.02 Å². The number of aliphatic hydroxyl groups is 1. The van der Waals surface area contributed by atoms with Gasteiger partial charge < -0.3 is 15.1 Å². The summed E-state index contributed by atoms with van der Waals surface area (Å²) in [4.78, 5) is 30.4. The summed E-state index contributed by atoms with van der Waals surface area (Å²) in [5.74, 6) is -1.05. The van der Waals surface area contributed by atoms with Crippen molar-refractivity contribution < 1.29 is 19.8 Å². The number of pyridine rings is 1. The maximum absolute atomic E-state index is 13.2. The zero-order valence-electron chi connectivity index (χ0n) is 15.3. The van der Waals surface area contributed by atoms with E-state index in [9.17, 15) is 19.8 Å². The van der Waals surface area contributed by atoms with Gasteiger partial charge in [-0.05, 0) is 49.1 Å². The van der Waals surface area contributed by atoms with E-state index in [0.29, 0.717) is 23.7 Å². The third-order valence-electron chi connectivity index (χ3n) is 5.79. The fourth-order valence-corrected chi connectivity index (χ4v) is 4.21. The molecule has 2 fully saturated rings. The van der Waals surface area contributed by atoms with E-state index in [2.05, 4.69) is 4.98 Å². The van der Waals surface area contributed by atoms with E-state index in [-0.39, 0.29) is 24.4 Å². The Morgan fingerprint density at radius 1 is 1.14 bits per heavy atom. The van der Waals surface area contributed by atoms with Crippen molar-refractivity contribution in [2.75, 3.05) is 13.1 Å². The number of carbonyl (C=O) groups excluding carboxylic acids is 1. The second-order valence-electron chi connectivity index (χ2n) is 7.77. The van der Waals surface area contributed by atoms with E-state index in [4.69, 9.17) is 11.6 Å². The molecule has 1 amide bonds. The van der Waals surface area contributed by atoms with E-state index >= 15 is 0 Å². The fraction of sp³-hybridized carbons (Fsp3) is 0.381. The minimum Gasteiger partial charge on any atom is -0.478 e. The van der Waals surface area contributed by atoms with Crippen LogP contribution in [0.4, 0.5) is 0 Å². The summed E-state index contributed by atoms with van der Waals surface area (Å²) in [7, 11) is 0. The molecule has 146 valence electrons. The first-order valence-corrected chi connectivity index (χ1v) is 9.66. The lowest BCUT2D eigenvalue weighted by Crippen LogP contribution is -2.42. The molecule has 0 spiro atoms. The Bertz CT molecular complexity index is 926. The molecule has 7 heteroatoms. The van der Waals surface area contributed by atoms with Gasteiger partial charge in [0.1, 0.15) is 0 Å². The molecule has 2 aromatic rings. The van der Waals surface area contributed by atoms with Crippen molar-refractivity contribution in [1.29, 1.82) is 0 Å². The van der Waals surface area contributed by atoms with Gasteiger partial charge in [0.25, 0.3) is 0 Å². The van der Waals surface area contributed by atoms with Gasteiger partial charge in [0.05, 0.1) is 22.3 Å². The number of benzene rings is 1. The molecule has 1 saturated heterocycles. The fourth-order valence-electron chi connectivity index (χ4n) is 4.08. The number of carboxylic acids is 1. The molecular formula is C21H21ClN2O4. The van der Waals surface area contributed by atoms with Gasteiger partial charge in [0.2, 0.25) is 5.91 Å². The normalized spacial score (nSPS) is 22.9. The van der Waals surface area contributed by atoms with Crippen molar-refractivity contribution in [3.63, 3.8) is 0 Å². The molecule has 2 N–H and O–H groups in total. The van der Waals surface area contributed by atoms with Crippen LogP contribution < -0.4 is 0 Å². The summed E-state index contributed by atoms with van der Waals surface area (Å²) in [6, 6.07) is 10.4. The number of β-amino-alcohol motifs (C(OH)–C–C–N with tert-alkyl or cyclic N) is 1. The van der Waals surface area contributed by atoms with E-state index in [1.54, 1.807) is 23.1 Å². The van der Waals surface area contributed by atoms with E-state index in [1.807, 2.05) is 12.1 Å². The first-order valence-electron chi connectivity index (χ1n) is 9.28. The van der Waals surface area contributed by atoms with Gasteiger partial charge in [-0.3, -0.25) is 9.78 Å². The quantitative estimate of drug-likeness (QED) is 0.805. The third kappa shape index (κ3) is 3.38. The Balaban J connectivity index is 1.50. The number of halogens is 1. The molecule has 28 heavy (non-hydrogen) atoms. The van der Waals surface area contributed by atoms with Gasteiger partial charge in [-0.1, -0.05) is 23.7 Å². The molecular weight excluding hydrogens is 380 g/mol. The van der Waals surface area contributed by atoms with E-state index in [1.165, 1.54) is 12.3 Å². The second-order valence-corrected chi connectivity index (χ2v) is 8.21. The second kappa shape index (κ2) is 6.87. The molecule has 6 nitrogen and oxygen atoms in total. The minimum absolute atomic E-state index is 0.0187. The zero-order chi connectivity index (χ0) is 19.9. The predicted molar refractivity (Wildman–Crippen MR) is 103 cm³/mol. The van der Waals surface area contributed by atoms with Crippen LogP contribution in [-0.4, -0.2) is 50.7 Å². The standard InChI is InChI=1S/C21H21ClN2O4/c22-15-5-3-14(4-6-15)21(7-8-21)19(27)24-11-9-20(28,13-24)12-17-16(18(25)26)2-1-10-23-17/h1-6,10,28H,7-9,11-13H2,(H,25,26). The number of nitrogens with zero attached hydrogens (tertiary/aromatic N) is 2. The Hall–Kier alpha value is -2.44. The van der Waals surface area contributed by atoms with Gasteiger partial charge in [0.15, 0.2) is 0 Å². The smallest absolute Gasteiger partial charge is 0.337 e. The number of rotatable bonds is 5. The zero-order valence-corrected chi connectivity index (χ0v) is 16.0. The maximum Gasteiger partial charge on any atom is 0.337 e. The van der Waals surface area contributed by atoms with Crippen LogP contribution in [0.5, 0.6) is 0 Å². The van der Waals surface area contributed by atoms with Crippen LogP contribution in [0.25, 0.3) is 0 Å². The van der Waals surface area contributed by atoms with Gasteiger partial charge in [0, 0.05) is 30.7 Å². The lowest BCUT2D eigenvalue weighted by Gasteiger charge is -2.26.